The maximum atomic E-state index is 10.0. The fourth-order valence-corrected chi connectivity index (χ4v) is 0.773. The van der Waals surface area contributed by atoms with E-state index < -0.39 is 22.1 Å². The first-order valence-corrected chi connectivity index (χ1v) is 4.36. The van der Waals surface area contributed by atoms with Gasteiger partial charge in [-0.05, 0) is 6.92 Å². The molecule has 0 aliphatic rings. The normalized spacial score (nSPS) is 13.7. The zero-order valence-corrected chi connectivity index (χ0v) is 6.43. The number of nitrogens with one attached hydrogen (secondary N) is 1. The van der Waals surface area contributed by atoms with Crippen LogP contribution in [-0.2, 0) is 10.1 Å². The van der Waals surface area contributed by atoms with E-state index in [0.717, 1.165) is 0 Å². The van der Waals surface area contributed by atoms with Crippen LogP contribution < -0.4 is 5.32 Å². The fourth-order valence-electron chi connectivity index (χ4n) is 0.397. The van der Waals surface area contributed by atoms with E-state index in [1.807, 2.05) is 0 Å². The molecule has 0 aliphatic heterocycles. The molecule has 0 aromatic rings. The average molecular weight is 193 g/mol. The van der Waals surface area contributed by atoms with Gasteiger partial charge in [0.2, 0.25) is 0 Å². The van der Waals surface area contributed by atoms with E-state index in [2.05, 4.69) is 5.32 Å². The standard InChI is InChI=1S/C4H11NO4S.Na.H/c1-4(6)2-5-3-10(7,8)9;;/h4-6H,2-3H2,1H3,(H,7,8,9);;. The van der Waals surface area contributed by atoms with Gasteiger partial charge in [0, 0.05) is 6.54 Å². The Labute approximate surface area is 88.2 Å². The van der Waals surface area contributed by atoms with Gasteiger partial charge < -0.3 is 5.11 Å². The van der Waals surface area contributed by atoms with E-state index in [0.29, 0.717) is 0 Å². The van der Waals surface area contributed by atoms with Crippen LogP contribution in [0.2, 0.25) is 0 Å². The molecule has 0 aromatic heterocycles. The summed E-state index contributed by atoms with van der Waals surface area (Å²) >= 11 is 0. The fraction of sp³-hybridized carbons (Fsp3) is 1.00. The van der Waals surface area contributed by atoms with E-state index in [-0.39, 0.29) is 36.1 Å². The van der Waals surface area contributed by atoms with Gasteiger partial charge >= 0.3 is 29.6 Å². The van der Waals surface area contributed by atoms with Crippen molar-refractivity contribution in [3.63, 3.8) is 0 Å². The zero-order chi connectivity index (χ0) is 8.20. The van der Waals surface area contributed by atoms with E-state index in [4.69, 9.17) is 9.66 Å². The van der Waals surface area contributed by atoms with Crippen molar-refractivity contribution in [1.29, 1.82) is 0 Å². The number of aliphatic hydroxyl groups is 1. The molecule has 0 bridgehead atoms. The first-order valence-electron chi connectivity index (χ1n) is 2.76. The van der Waals surface area contributed by atoms with E-state index in [9.17, 15) is 8.42 Å². The van der Waals surface area contributed by atoms with Gasteiger partial charge in [-0.15, -0.1) is 0 Å². The molecule has 0 radical (unpaired) electrons. The molecule has 0 rings (SSSR count). The first kappa shape index (κ1) is 14.4. The van der Waals surface area contributed by atoms with Crippen LogP contribution in [0.3, 0.4) is 0 Å². The second-order valence-electron chi connectivity index (χ2n) is 2.03. The Hall–Kier alpha value is 0.830. The molecule has 1 unspecified atom stereocenters. The van der Waals surface area contributed by atoms with E-state index in [1.54, 1.807) is 0 Å². The van der Waals surface area contributed by atoms with Crippen LogP contribution in [0.15, 0.2) is 0 Å². The third kappa shape index (κ3) is 13.8. The van der Waals surface area contributed by atoms with Crippen molar-refractivity contribution in [1.82, 2.24) is 5.32 Å². The van der Waals surface area contributed by atoms with Gasteiger partial charge in [0.05, 0.1) is 6.10 Å². The Kier molecular flexibility index (Phi) is 8.30. The first-order chi connectivity index (χ1) is 4.42. The summed E-state index contributed by atoms with van der Waals surface area (Å²) in [4.78, 5) is 0. The Morgan fingerprint density at radius 3 is 2.27 bits per heavy atom. The van der Waals surface area contributed by atoms with Crippen LogP contribution in [0, 0.1) is 0 Å². The topological polar surface area (TPSA) is 86.6 Å². The molecule has 5 nitrogen and oxygen atoms in total. The van der Waals surface area contributed by atoms with Crippen molar-refractivity contribution in [3.8, 4) is 0 Å². The summed E-state index contributed by atoms with van der Waals surface area (Å²) in [6, 6.07) is 0. The molecular formula is C4H12NNaO4S. The van der Waals surface area contributed by atoms with Gasteiger partial charge in [0.1, 0.15) is 5.88 Å². The van der Waals surface area contributed by atoms with Crippen LogP contribution in [-0.4, -0.2) is 66.2 Å². The van der Waals surface area contributed by atoms with Gasteiger partial charge in [0.15, 0.2) is 0 Å². The summed E-state index contributed by atoms with van der Waals surface area (Å²) in [7, 11) is -3.94. The minimum atomic E-state index is -3.94. The van der Waals surface area contributed by atoms with Crippen molar-refractivity contribution >= 4 is 39.7 Å². The van der Waals surface area contributed by atoms with Gasteiger partial charge in [-0.2, -0.15) is 8.42 Å². The van der Waals surface area contributed by atoms with Crippen LogP contribution >= 0.6 is 0 Å². The molecule has 0 heterocycles. The van der Waals surface area contributed by atoms with E-state index in [1.165, 1.54) is 6.92 Å². The Morgan fingerprint density at radius 2 is 2.00 bits per heavy atom. The summed E-state index contributed by atoms with van der Waals surface area (Å²) in [5, 5.41) is 10.9. The molecule has 11 heavy (non-hydrogen) atoms. The summed E-state index contributed by atoms with van der Waals surface area (Å²) < 4.78 is 28.2. The third-order valence-corrected chi connectivity index (χ3v) is 1.29. The van der Waals surface area contributed by atoms with Gasteiger partial charge in [0.25, 0.3) is 10.1 Å². The van der Waals surface area contributed by atoms with Crippen LogP contribution in [0.1, 0.15) is 6.92 Å². The number of rotatable bonds is 4. The molecule has 64 valence electrons. The van der Waals surface area contributed by atoms with Crippen molar-refractivity contribution in [2.24, 2.45) is 0 Å². The number of hydrogen-bond donors (Lipinski definition) is 3. The summed E-state index contributed by atoms with van der Waals surface area (Å²) in [6.07, 6.45) is -0.609. The third-order valence-electron chi connectivity index (χ3n) is 0.724. The molecule has 0 spiro atoms. The average Bonchev–Trinajstić information content (AvgIpc) is 1.59. The molecule has 0 aliphatic carbocycles. The Morgan fingerprint density at radius 1 is 1.55 bits per heavy atom. The van der Waals surface area contributed by atoms with Crippen LogP contribution in [0.5, 0.6) is 0 Å². The molecule has 3 N–H and O–H groups in total. The van der Waals surface area contributed by atoms with Crippen molar-refractivity contribution in [3.05, 3.63) is 0 Å². The predicted molar refractivity (Wildman–Crippen MR) is 43.2 cm³/mol. The Bertz CT molecular complexity index is 179. The molecule has 0 fully saturated rings. The molecule has 0 amide bonds. The monoisotopic (exact) mass is 193 g/mol. The van der Waals surface area contributed by atoms with Gasteiger partial charge in [-0.1, -0.05) is 0 Å². The van der Waals surface area contributed by atoms with Crippen molar-refractivity contribution in [2.45, 2.75) is 13.0 Å². The second kappa shape index (κ2) is 6.36. The second-order valence-corrected chi connectivity index (χ2v) is 3.48. The van der Waals surface area contributed by atoms with Crippen LogP contribution in [0.4, 0.5) is 0 Å². The molecule has 0 saturated carbocycles. The molecule has 7 heteroatoms. The van der Waals surface area contributed by atoms with Gasteiger partial charge in [-0.3, -0.25) is 9.87 Å². The Balaban J connectivity index is 0. The summed E-state index contributed by atoms with van der Waals surface area (Å²) in [6.45, 7) is 1.66. The SMILES string of the molecule is CC(O)CNCS(=O)(=O)O.[NaH]. The minimum absolute atomic E-state index is 0. The number of hydrogen-bond acceptors (Lipinski definition) is 4. The van der Waals surface area contributed by atoms with Crippen molar-refractivity contribution in [2.75, 3.05) is 12.4 Å². The predicted octanol–water partition coefficient (Wildman–Crippen LogP) is -1.85. The number of aliphatic hydroxyl groups excluding tert-OH is 1. The molecule has 1 atom stereocenters. The summed E-state index contributed by atoms with van der Waals surface area (Å²) in [5.74, 6) is -0.516. The van der Waals surface area contributed by atoms with E-state index >= 15 is 0 Å². The van der Waals surface area contributed by atoms with Gasteiger partial charge in [-0.25, -0.2) is 0 Å². The molecular weight excluding hydrogens is 181 g/mol. The van der Waals surface area contributed by atoms with Crippen LogP contribution in [0.25, 0.3) is 0 Å². The quantitative estimate of drug-likeness (QED) is 0.360. The molecule has 0 saturated heterocycles. The van der Waals surface area contributed by atoms with Crippen molar-refractivity contribution < 1.29 is 18.1 Å². The maximum absolute atomic E-state index is 10.0. The zero-order valence-electron chi connectivity index (χ0n) is 5.61. The summed E-state index contributed by atoms with van der Waals surface area (Å²) in [5.41, 5.74) is 0. The molecule has 0 aromatic carbocycles.